The van der Waals surface area contributed by atoms with Crippen molar-refractivity contribution in [2.75, 3.05) is 0 Å². The van der Waals surface area contributed by atoms with Crippen LogP contribution in [0.2, 0.25) is 0 Å². The first kappa shape index (κ1) is 11.9. The first-order valence-corrected chi connectivity index (χ1v) is 6.92. The summed E-state index contributed by atoms with van der Waals surface area (Å²) in [5.74, 6) is 0. The van der Waals surface area contributed by atoms with E-state index in [-0.39, 0.29) is 0 Å². The summed E-state index contributed by atoms with van der Waals surface area (Å²) in [6, 6.07) is 3.17. The van der Waals surface area contributed by atoms with Crippen LogP contribution < -0.4 is 10.6 Å². The van der Waals surface area contributed by atoms with E-state index in [0.717, 1.165) is 5.11 Å². The van der Waals surface area contributed by atoms with E-state index in [1.807, 2.05) is 11.3 Å². The maximum Gasteiger partial charge on any atom is 0.166 e. The van der Waals surface area contributed by atoms with E-state index < -0.39 is 0 Å². The van der Waals surface area contributed by atoms with Crippen LogP contribution in [0.1, 0.15) is 41.1 Å². The van der Waals surface area contributed by atoms with E-state index in [1.165, 1.54) is 28.2 Å². The molecule has 1 unspecified atom stereocenters. The molecule has 0 saturated heterocycles. The predicted octanol–water partition coefficient (Wildman–Crippen LogP) is 3.05. The molecule has 1 aliphatic carbocycles. The van der Waals surface area contributed by atoms with E-state index in [0.29, 0.717) is 12.1 Å². The van der Waals surface area contributed by atoms with Gasteiger partial charge in [-0.2, -0.15) is 0 Å². The summed E-state index contributed by atoms with van der Waals surface area (Å²) in [4.78, 5) is 2.74. The number of hydrogen-bond acceptors (Lipinski definition) is 2. The van der Waals surface area contributed by atoms with Gasteiger partial charge in [-0.05, 0) is 57.5 Å². The van der Waals surface area contributed by atoms with Gasteiger partial charge in [-0.15, -0.1) is 11.3 Å². The number of rotatable bonds is 3. The molecule has 16 heavy (non-hydrogen) atoms. The third kappa shape index (κ3) is 2.95. The van der Waals surface area contributed by atoms with Gasteiger partial charge in [0.05, 0.1) is 6.04 Å². The van der Waals surface area contributed by atoms with E-state index in [9.17, 15) is 0 Å². The average molecular weight is 254 g/mol. The van der Waals surface area contributed by atoms with Crippen LogP contribution >= 0.6 is 23.6 Å². The molecule has 0 bridgehead atoms. The van der Waals surface area contributed by atoms with Crippen molar-refractivity contribution in [3.63, 3.8) is 0 Å². The molecule has 1 heterocycles. The van der Waals surface area contributed by atoms with Gasteiger partial charge in [0.1, 0.15) is 0 Å². The zero-order valence-electron chi connectivity index (χ0n) is 9.96. The highest BCUT2D eigenvalue weighted by atomic mass is 32.1. The van der Waals surface area contributed by atoms with Crippen molar-refractivity contribution in [3.05, 3.63) is 21.4 Å². The van der Waals surface area contributed by atoms with Crippen molar-refractivity contribution in [1.82, 2.24) is 10.6 Å². The van der Waals surface area contributed by atoms with Gasteiger partial charge in [0.25, 0.3) is 0 Å². The lowest BCUT2D eigenvalue weighted by Crippen LogP contribution is -2.37. The maximum absolute atomic E-state index is 5.28. The Balaban J connectivity index is 1.93. The van der Waals surface area contributed by atoms with Crippen LogP contribution in [-0.2, 0) is 0 Å². The fourth-order valence-corrected chi connectivity index (χ4v) is 3.18. The molecule has 1 atom stereocenters. The lowest BCUT2D eigenvalue weighted by atomic mass is 10.1. The van der Waals surface area contributed by atoms with Gasteiger partial charge in [-0.1, -0.05) is 0 Å². The summed E-state index contributed by atoms with van der Waals surface area (Å²) >= 11 is 7.12. The van der Waals surface area contributed by atoms with Crippen LogP contribution in [0.4, 0.5) is 0 Å². The normalized spacial score (nSPS) is 16.9. The van der Waals surface area contributed by atoms with Gasteiger partial charge < -0.3 is 10.6 Å². The number of thiophene rings is 1. The standard InChI is InChI=1S/C12H18N2S2/c1-7-6-11(9(3)16-7)8(2)13-12(15)14-10-4-5-10/h6,8,10H,4-5H2,1-3H3,(H2,13,14,15). The lowest BCUT2D eigenvalue weighted by Gasteiger charge is -2.16. The molecule has 0 aromatic carbocycles. The van der Waals surface area contributed by atoms with Crippen LogP contribution in [0.15, 0.2) is 6.07 Å². The number of thiocarbonyl (C=S) groups is 1. The molecule has 2 N–H and O–H groups in total. The Bertz CT molecular complexity index is 394. The van der Waals surface area contributed by atoms with Crippen molar-refractivity contribution >= 4 is 28.7 Å². The maximum atomic E-state index is 5.28. The average Bonchev–Trinajstić information content (AvgIpc) is 2.90. The Morgan fingerprint density at radius 2 is 2.19 bits per heavy atom. The summed E-state index contributed by atoms with van der Waals surface area (Å²) in [7, 11) is 0. The second kappa shape index (κ2) is 4.72. The fourth-order valence-electron chi connectivity index (χ4n) is 1.81. The monoisotopic (exact) mass is 254 g/mol. The summed E-state index contributed by atoms with van der Waals surface area (Å²) in [5, 5.41) is 7.44. The van der Waals surface area contributed by atoms with Crippen LogP contribution in [0.25, 0.3) is 0 Å². The molecule has 1 fully saturated rings. The van der Waals surface area contributed by atoms with Gasteiger partial charge in [0.15, 0.2) is 5.11 Å². The second-order valence-electron chi connectivity index (χ2n) is 4.48. The first-order valence-electron chi connectivity index (χ1n) is 5.70. The third-order valence-corrected chi connectivity index (χ3v) is 4.02. The van der Waals surface area contributed by atoms with Crippen molar-refractivity contribution in [1.29, 1.82) is 0 Å². The van der Waals surface area contributed by atoms with Gasteiger partial charge in [0, 0.05) is 15.8 Å². The molecule has 0 spiro atoms. The minimum atomic E-state index is 0.295. The highest BCUT2D eigenvalue weighted by Gasteiger charge is 2.22. The summed E-state index contributed by atoms with van der Waals surface area (Å²) in [5.41, 5.74) is 1.36. The minimum absolute atomic E-state index is 0.295. The Labute approximate surface area is 106 Å². The molecule has 1 aromatic heterocycles. The van der Waals surface area contributed by atoms with Crippen molar-refractivity contribution in [3.8, 4) is 0 Å². The number of aryl methyl sites for hydroxylation is 2. The van der Waals surface area contributed by atoms with Crippen LogP contribution in [0, 0.1) is 13.8 Å². The largest absolute Gasteiger partial charge is 0.360 e. The van der Waals surface area contributed by atoms with Gasteiger partial charge >= 0.3 is 0 Å². The predicted molar refractivity (Wildman–Crippen MR) is 74.1 cm³/mol. The summed E-state index contributed by atoms with van der Waals surface area (Å²) in [6.45, 7) is 6.48. The van der Waals surface area contributed by atoms with E-state index in [4.69, 9.17) is 12.2 Å². The Morgan fingerprint density at radius 1 is 1.50 bits per heavy atom. The van der Waals surface area contributed by atoms with E-state index >= 15 is 0 Å². The van der Waals surface area contributed by atoms with E-state index in [1.54, 1.807) is 0 Å². The van der Waals surface area contributed by atoms with Crippen molar-refractivity contribution < 1.29 is 0 Å². The molecule has 4 heteroatoms. The molecular formula is C12H18N2S2. The van der Waals surface area contributed by atoms with Crippen LogP contribution in [0.3, 0.4) is 0 Å². The molecule has 2 nitrogen and oxygen atoms in total. The topological polar surface area (TPSA) is 24.1 Å². The lowest BCUT2D eigenvalue weighted by molar-refractivity contribution is 0.696. The van der Waals surface area contributed by atoms with Crippen molar-refractivity contribution in [2.24, 2.45) is 0 Å². The van der Waals surface area contributed by atoms with Crippen LogP contribution in [0.5, 0.6) is 0 Å². The molecular weight excluding hydrogens is 236 g/mol. The quantitative estimate of drug-likeness (QED) is 0.811. The zero-order valence-corrected chi connectivity index (χ0v) is 11.6. The molecule has 88 valence electrons. The van der Waals surface area contributed by atoms with E-state index in [2.05, 4.69) is 37.5 Å². The molecule has 0 amide bonds. The summed E-state index contributed by atoms with van der Waals surface area (Å²) < 4.78 is 0. The number of hydrogen-bond donors (Lipinski definition) is 2. The van der Waals surface area contributed by atoms with Crippen LogP contribution in [-0.4, -0.2) is 11.2 Å². The van der Waals surface area contributed by atoms with Crippen molar-refractivity contribution in [2.45, 2.75) is 45.7 Å². The fraction of sp³-hybridized carbons (Fsp3) is 0.583. The Morgan fingerprint density at radius 3 is 2.69 bits per heavy atom. The molecule has 0 radical (unpaired) electrons. The SMILES string of the molecule is Cc1cc(C(C)NC(=S)NC2CC2)c(C)s1. The van der Waals surface area contributed by atoms with Gasteiger partial charge in [-0.3, -0.25) is 0 Å². The summed E-state index contributed by atoms with van der Waals surface area (Å²) in [6.07, 6.45) is 2.51. The second-order valence-corrected chi connectivity index (χ2v) is 6.35. The first-order chi connectivity index (χ1) is 7.56. The van der Waals surface area contributed by atoms with Gasteiger partial charge in [0.2, 0.25) is 0 Å². The molecule has 0 aliphatic heterocycles. The number of nitrogens with one attached hydrogen (secondary N) is 2. The molecule has 1 aliphatic rings. The zero-order chi connectivity index (χ0) is 11.7. The highest BCUT2D eigenvalue weighted by Crippen LogP contribution is 2.26. The Kier molecular flexibility index (Phi) is 3.50. The highest BCUT2D eigenvalue weighted by molar-refractivity contribution is 7.80. The van der Waals surface area contributed by atoms with Gasteiger partial charge in [-0.25, -0.2) is 0 Å². The molecule has 2 rings (SSSR count). The third-order valence-electron chi connectivity index (χ3n) is 2.81. The smallest absolute Gasteiger partial charge is 0.166 e. The Hall–Kier alpha value is -0.610. The minimum Gasteiger partial charge on any atom is -0.360 e. The molecule has 1 aromatic rings. The molecule has 1 saturated carbocycles.